The van der Waals surface area contributed by atoms with E-state index in [1.54, 1.807) is 0 Å². The van der Waals surface area contributed by atoms with Crippen LogP contribution in [0.4, 0.5) is 0 Å². The smallest absolute Gasteiger partial charge is 0.231 e. The first-order valence-electron chi connectivity index (χ1n) is 6.20. The molecule has 1 aromatic heterocycles. The summed E-state index contributed by atoms with van der Waals surface area (Å²) < 4.78 is 5.38. The summed E-state index contributed by atoms with van der Waals surface area (Å²) in [7, 11) is 2.01. The topological polar surface area (TPSA) is 51.0 Å². The predicted octanol–water partition coefficient (Wildman–Crippen LogP) is 2.12. The van der Waals surface area contributed by atoms with E-state index in [2.05, 4.69) is 29.3 Å². The fourth-order valence-corrected chi connectivity index (χ4v) is 2.47. The first-order chi connectivity index (χ1) is 7.70. The number of rotatable bonds is 4. The van der Waals surface area contributed by atoms with E-state index in [1.165, 1.54) is 12.8 Å². The van der Waals surface area contributed by atoms with Crippen molar-refractivity contribution in [2.45, 2.75) is 51.5 Å². The lowest BCUT2D eigenvalue weighted by Crippen LogP contribution is -2.27. The summed E-state index contributed by atoms with van der Waals surface area (Å²) in [6.45, 7) is 4.34. The standard InChI is InChI=1S/C12H21N3O/c1-8(2)7-11-14-12(16-15-11)9-5-4-6-10(9)13-3/h8-10,13H,4-7H2,1-3H3. The largest absolute Gasteiger partial charge is 0.339 e. The summed E-state index contributed by atoms with van der Waals surface area (Å²) in [4.78, 5) is 4.51. The van der Waals surface area contributed by atoms with Crippen molar-refractivity contribution in [2.75, 3.05) is 7.05 Å². The van der Waals surface area contributed by atoms with E-state index in [4.69, 9.17) is 4.52 Å². The number of nitrogens with one attached hydrogen (secondary N) is 1. The molecule has 0 amide bonds. The third-order valence-corrected chi connectivity index (χ3v) is 3.28. The van der Waals surface area contributed by atoms with Gasteiger partial charge in [0.2, 0.25) is 5.89 Å². The highest BCUT2D eigenvalue weighted by Gasteiger charge is 2.31. The van der Waals surface area contributed by atoms with Gasteiger partial charge in [0.05, 0.1) is 5.92 Å². The summed E-state index contributed by atoms with van der Waals surface area (Å²) in [5, 5.41) is 7.39. The molecule has 16 heavy (non-hydrogen) atoms. The Morgan fingerprint density at radius 1 is 1.44 bits per heavy atom. The maximum atomic E-state index is 5.38. The van der Waals surface area contributed by atoms with Crippen LogP contribution in [0.2, 0.25) is 0 Å². The molecule has 0 radical (unpaired) electrons. The Morgan fingerprint density at radius 2 is 2.25 bits per heavy atom. The van der Waals surface area contributed by atoms with Crippen LogP contribution < -0.4 is 5.32 Å². The van der Waals surface area contributed by atoms with Gasteiger partial charge in [-0.15, -0.1) is 0 Å². The lowest BCUT2D eigenvalue weighted by atomic mass is 10.0. The molecule has 1 saturated carbocycles. The molecule has 2 rings (SSSR count). The van der Waals surface area contributed by atoms with Crippen LogP contribution in [-0.2, 0) is 6.42 Å². The number of aromatic nitrogens is 2. The summed E-state index contributed by atoms with van der Waals surface area (Å²) >= 11 is 0. The molecular formula is C12H21N3O. The van der Waals surface area contributed by atoms with Crippen molar-refractivity contribution in [1.29, 1.82) is 0 Å². The van der Waals surface area contributed by atoms with Crippen LogP contribution in [0.15, 0.2) is 4.52 Å². The van der Waals surface area contributed by atoms with Gasteiger partial charge >= 0.3 is 0 Å². The van der Waals surface area contributed by atoms with E-state index in [0.717, 1.165) is 24.6 Å². The molecule has 90 valence electrons. The first-order valence-corrected chi connectivity index (χ1v) is 6.20. The second-order valence-corrected chi connectivity index (χ2v) is 5.08. The average molecular weight is 223 g/mol. The summed E-state index contributed by atoms with van der Waals surface area (Å²) in [5.41, 5.74) is 0. The van der Waals surface area contributed by atoms with E-state index < -0.39 is 0 Å². The van der Waals surface area contributed by atoms with Crippen LogP contribution in [-0.4, -0.2) is 23.2 Å². The number of hydrogen-bond acceptors (Lipinski definition) is 4. The van der Waals surface area contributed by atoms with Gasteiger partial charge in [-0.1, -0.05) is 25.4 Å². The summed E-state index contributed by atoms with van der Waals surface area (Å²) in [5.74, 6) is 2.67. The zero-order chi connectivity index (χ0) is 11.5. The molecule has 2 unspecified atom stereocenters. The Hall–Kier alpha value is -0.900. The van der Waals surface area contributed by atoms with Crippen LogP contribution in [0.25, 0.3) is 0 Å². The Balaban J connectivity index is 2.06. The van der Waals surface area contributed by atoms with Crippen LogP contribution in [0.3, 0.4) is 0 Å². The van der Waals surface area contributed by atoms with Crippen molar-refractivity contribution in [3.63, 3.8) is 0 Å². The molecule has 2 atom stereocenters. The van der Waals surface area contributed by atoms with Crippen molar-refractivity contribution >= 4 is 0 Å². The quantitative estimate of drug-likeness (QED) is 0.849. The van der Waals surface area contributed by atoms with E-state index in [0.29, 0.717) is 17.9 Å². The normalized spacial score (nSPS) is 25.5. The van der Waals surface area contributed by atoms with Gasteiger partial charge in [0.1, 0.15) is 0 Å². The molecule has 1 heterocycles. The van der Waals surface area contributed by atoms with Gasteiger partial charge in [-0.05, 0) is 25.8 Å². The maximum absolute atomic E-state index is 5.38. The van der Waals surface area contributed by atoms with Crippen LogP contribution >= 0.6 is 0 Å². The third kappa shape index (κ3) is 2.43. The molecule has 4 heteroatoms. The molecule has 0 bridgehead atoms. The van der Waals surface area contributed by atoms with E-state index in [-0.39, 0.29) is 0 Å². The minimum Gasteiger partial charge on any atom is -0.339 e. The zero-order valence-corrected chi connectivity index (χ0v) is 10.4. The van der Waals surface area contributed by atoms with Gasteiger partial charge in [0.25, 0.3) is 0 Å². The summed E-state index contributed by atoms with van der Waals surface area (Å²) in [6.07, 6.45) is 4.52. The van der Waals surface area contributed by atoms with Crippen LogP contribution in [0.5, 0.6) is 0 Å². The third-order valence-electron chi connectivity index (χ3n) is 3.28. The average Bonchev–Trinajstić information content (AvgIpc) is 2.83. The Kier molecular flexibility index (Phi) is 3.59. The lowest BCUT2D eigenvalue weighted by Gasteiger charge is -2.14. The SMILES string of the molecule is CNC1CCCC1c1nc(CC(C)C)no1. The molecule has 0 aromatic carbocycles. The minimum atomic E-state index is 0.415. The van der Waals surface area contributed by atoms with Crippen LogP contribution in [0, 0.1) is 5.92 Å². The number of hydrogen-bond donors (Lipinski definition) is 1. The van der Waals surface area contributed by atoms with Gasteiger partial charge in [-0.25, -0.2) is 0 Å². The van der Waals surface area contributed by atoms with Gasteiger partial charge in [-0.2, -0.15) is 4.98 Å². The molecule has 1 aromatic rings. The van der Waals surface area contributed by atoms with Crippen LogP contribution in [0.1, 0.15) is 50.7 Å². The number of likely N-dealkylation sites (N-methyl/N-ethyl adjacent to an activating group) is 1. The van der Waals surface area contributed by atoms with Crippen molar-refractivity contribution in [3.8, 4) is 0 Å². The molecule has 0 saturated heterocycles. The Morgan fingerprint density at radius 3 is 2.94 bits per heavy atom. The fraction of sp³-hybridized carbons (Fsp3) is 0.833. The van der Waals surface area contributed by atoms with Crippen molar-refractivity contribution < 1.29 is 4.52 Å². The Labute approximate surface area is 96.8 Å². The fourth-order valence-electron chi connectivity index (χ4n) is 2.47. The maximum Gasteiger partial charge on any atom is 0.231 e. The molecular weight excluding hydrogens is 202 g/mol. The van der Waals surface area contributed by atoms with E-state index >= 15 is 0 Å². The lowest BCUT2D eigenvalue weighted by molar-refractivity contribution is 0.331. The molecule has 0 aliphatic heterocycles. The summed E-state index contributed by atoms with van der Waals surface area (Å²) in [6, 6.07) is 0.507. The molecule has 0 spiro atoms. The molecule has 1 fully saturated rings. The highest BCUT2D eigenvalue weighted by atomic mass is 16.5. The van der Waals surface area contributed by atoms with Crippen molar-refractivity contribution in [3.05, 3.63) is 11.7 Å². The second kappa shape index (κ2) is 4.95. The number of nitrogens with zero attached hydrogens (tertiary/aromatic N) is 2. The van der Waals surface area contributed by atoms with Gasteiger partial charge < -0.3 is 9.84 Å². The second-order valence-electron chi connectivity index (χ2n) is 5.08. The highest BCUT2D eigenvalue weighted by molar-refractivity contribution is 5.02. The predicted molar refractivity (Wildman–Crippen MR) is 62.3 cm³/mol. The first kappa shape index (κ1) is 11.6. The molecule has 1 aliphatic rings. The monoisotopic (exact) mass is 223 g/mol. The zero-order valence-electron chi connectivity index (χ0n) is 10.4. The van der Waals surface area contributed by atoms with Gasteiger partial charge in [0.15, 0.2) is 5.82 Å². The van der Waals surface area contributed by atoms with E-state index in [9.17, 15) is 0 Å². The molecule has 1 N–H and O–H groups in total. The van der Waals surface area contributed by atoms with Gasteiger partial charge in [0, 0.05) is 12.5 Å². The molecule has 1 aliphatic carbocycles. The molecule has 4 nitrogen and oxygen atoms in total. The van der Waals surface area contributed by atoms with Gasteiger partial charge in [-0.3, -0.25) is 0 Å². The van der Waals surface area contributed by atoms with Crippen molar-refractivity contribution in [2.24, 2.45) is 5.92 Å². The highest BCUT2D eigenvalue weighted by Crippen LogP contribution is 2.33. The Bertz CT molecular complexity index is 335. The van der Waals surface area contributed by atoms with Crippen molar-refractivity contribution in [1.82, 2.24) is 15.5 Å². The minimum absolute atomic E-state index is 0.415. The van der Waals surface area contributed by atoms with E-state index in [1.807, 2.05) is 7.05 Å².